The minimum Gasteiger partial charge on any atom is -0.347 e. The molecule has 3 aromatic rings. The molecule has 0 aliphatic carbocycles. The molecule has 5 nitrogen and oxygen atoms in total. The van der Waals surface area contributed by atoms with Crippen molar-refractivity contribution in [2.75, 3.05) is 0 Å². The van der Waals surface area contributed by atoms with E-state index in [1.165, 1.54) is 11.1 Å². The third kappa shape index (κ3) is 4.32. The molecule has 3 rings (SSSR count). The molecule has 0 aliphatic heterocycles. The maximum Gasteiger partial charge on any atom is 0.246 e. The third-order valence-electron chi connectivity index (χ3n) is 4.06. The van der Waals surface area contributed by atoms with Crippen LogP contribution in [0.25, 0.3) is 11.4 Å². The highest BCUT2D eigenvalue weighted by Crippen LogP contribution is 2.16. The third-order valence-corrected chi connectivity index (χ3v) is 4.06. The Balaban J connectivity index is 1.58. The maximum atomic E-state index is 12.1. The lowest BCUT2D eigenvalue weighted by Gasteiger charge is -2.06. The van der Waals surface area contributed by atoms with Crippen molar-refractivity contribution in [3.05, 3.63) is 70.6 Å². The van der Waals surface area contributed by atoms with Gasteiger partial charge in [0, 0.05) is 5.56 Å². The number of nitrogens with one attached hydrogen (secondary N) is 1. The first-order chi connectivity index (χ1) is 12.0. The number of carbonyl (C=O) groups is 1. The number of hydrogen-bond donors (Lipinski definition) is 1. The van der Waals surface area contributed by atoms with Crippen LogP contribution in [0.5, 0.6) is 0 Å². The lowest BCUT2D eigenvalue weighted by atomic mass is 10.0. The van der Waals surface area contributed by atoms with Gasteiger partial charge < -0.3 is 9.84 Å². The van der Waals surface area contributed by atoms with Crippen molar-refractivity contribution in [1.82, 2.24) is 15.5 Å². The summed E-state index contributed by atoms with van der Waals surface area (Å²) >= 11 is 0. The minimum absolute atomic E-state index is 0.0676. The first-order valence-electron chi connectivity index (χ1n) is 8.24. The Kier molecular flexibility index (Phi) is 4.93. The molecule has 1 aromatic heterocycles. The van der Waals surface area contributed by atoms with Crippen molar-refractivity contribution in [3.63, 3.8) is 0 Å². The van der Waals surface area contributed by atoms with E-state index in [2.05, 4.69) is 21.5 Å². The molecule has 0 unspecified atom stereocenters. The van der Waals surface area contributed by atoms with Crippen LogP contribution in [-0.4, -0.2) is 16.0 Å². The van der Waals surface area contributed by atoms with Crippen LogP contribution in [0.1, 0.15) is 28.1 Å². The van der Waals surface area contributed by atoms with Crippen LogP contribution in [0.3, 0.4) is 0 Å². The van der Waals surface area contributed by atoms with Gasteiger partial charge in [-0.2, -0.15) is 4.98 Å². The molecule has 2 aromatic carbocycles. The van der Waals surface area contributed by atoms with Gasteiger partial charge in [-0.05, 0) is 31.9 Å². The molecule has 1 N–H and O–H groups in total. The van der Waals surface area contributed by atoms with Crippen LogP contribution >= 0.6 is 0 Å². The van der Waals surface area contributed by atoms with E-state index in [-0.39, 0.29) is 12.5 Å². The van der Waals surface area contributed by atoms with Crippen molar-refractivity contribution >= 4 is 5.91 Å². The van der Waals surface area contributed by atoms with Crippen LogP contribution < -0.4 is 5.32 Å². The summed E-state index contributed by atoms with van der Waals surface area (Å²) in [5.74, 6) is 0.852. The molecule has 0 saturated carbocycles. The van der Waals surface area contributed by atoms with E-state index in [1.54, 1.807) is 0 Å². The number of aryl methyl sites for hydroxylation is 3. The predicted octanol–water partition coefficient (Wildman–Crippen LogP) is 3.52. The van der Waals surface area contributed by atoms with Crippen molar-refractivity contribution in [1.29, 1.82) is 0 Å². The Labute approximate surface area is 147 Å². The van der Waals surface area contributed by atoms with Crippen molar-refractivity contribution < 1.29 is 9.32 Å². The quantitative estimate of drug-likeness (QED) is 0.774. The molecule has 0 saturated heterocycles. The smallest absolute Gasteiger partial charge is 0.246 e. The molecule has 1 heterocycles. The summed E-state index contributed by atoms with van der Waals surface area (Å²) < 4.78 is 5.21. The maximum absolute atomic E-state index is 12.1. The van der Waals surface area contributed by atoms with Crippen LogP contribution in [0.4, 0.5) is 0 Å². The Morgan fingerprint density at radius 1 is 1.04 bits per heavy atom. The van der Waals surface area contributed by atoms with E-state index >= 15 is 0 Å². The molecule has 0 bridgehead atoms. The number of rotatable bonds is 5. The van der Waals surface area contributed by atoms with Crippen molar-refractivity contribution in [2.45, 2.75) is 33.7 Å². The second kappa shape index (κ2) is 7.30. The fourth-order valence-corrected chi connectivity index (χ4v) is 2.60. The van der Waals surface area contributed by atoms with Gasteiger partial charge in [-0.15, -0.1) is 0 Å². The van der Waals surface area contributed by atoms with E-state index in [0.29, 0.717) is 18.1 Å². The monoisotopic (exact) mass is 335 g/mol. The molecule has 25 heavy (non-hydrogen) atoms. The summed E-state index contributed by atoms with van der Waals surface area (Å²) in [5, 5.41) is 6.79. The average Bonchev–Trinajstić information content (AvgIpc) is 3.05. The van der Waals surface area contributed by atoms with E-state index in [1.807, 2.05) is 57.2 Å². The summed E-state index contributed by atoms with van der Waals surface area (Å²) in [5.41, 5.74) is 5.40. The number of aromatic nitrogens is 2. The lowest BCUT2D eigenvalue weighted by molar-refractivity contribution is -0.120. The van der Waals surface area contributed by atoms with Gasteiger partial charge in [0.25, 0.3) is 0 Å². The molecule has 1 amide bonds. The van der Waals surface area contributed by atoms with Gasteiger partial charge in [0.05, 0.1) is 13.0 Å². The Bertz CT molecular complexity index is 882. The number of amides is 1. The Hall–Kier alpha value is -2.95. The molecule has 0 radical (unpaired) electrons. The normalized spacial score (nSPS) is 10.7. The van der Waals surface area contributed by atoms with E-state index in [9.17, 15) is 4.79 Å². The molecule has 0 fully saturated rings. The topological polar surface area (TPSA) is 68.0 Å². The fraction of sp³-hybridized carbons (Fsp3) is 0.250. The Morgan fingerprint density at radius 3 is 2.48 bits per heavy atom. The van der Waals surface area contributed by atoms with Gasteiger partial charge in [0.15, 0.2) is 0 Å². The number of nitrogens with zero attached hydrogens (tertiary/aromatic N) is 2. The lowest BCUT2D eigenvalue weighted by Crippen LogP contribution is -2.25. The first kappa shape index (κ1) is 16.9. The van der Waals surface area contributed by atoms with Gasteiger partial charge in [-0.1, -0.05) is 58.7 Å². The number of hydrogen-bond acceptors (Lipinski definition) is 4. The highest BCUT2D eigenvalue weighted by molar-refractivity contribution is 5.78. The second-order valence-corrected chi connectivity index (χ2v) is 6.26. The average molecular weight is 335 g/mol. The SMILES string of the molecule is Cc1ccc(-c2noc(CNC(=O)Cc3ccc(C)cc3C)n2)cc1. The molecule has 0 spiro atoms. The molecule has 0 aliphatic rings. The van der Waals surface area contributed by atoms with Crippen LogP contribution in [0, 0.1) is 20.8 Å². The van der Waals surface area contributed by atoms with Gasteiger partial charge in [-0.25, -0.2) is 0 Å². The van der Waals surface area contributed by atoms with Crippen molar-refractivity contribution in [3.8, 4) is 11.4 Å². The molecule has 5 heteroatoms. The van der Waals surface area contributed by atoms with Crippen LogP contribution in [0.2, 0.25) is 0 Å². The van der Waals surface area contributed by atoms with E-state index in [0.717, 1.165) is 16.7 Å². The van der Waals surface area contributed by atoms with E-state index in [4.69, 9.17) is 4.52 Å². The summed E-state index contributed by atoms with van der Waals surface area (Å²) in [6.45, 7) is 6.30. The first-order valence-corrected chi connectivity index (χ1v) is 8.24. The summed E-state index contributed by atoms with van der Waals surface area (Å²) in [7, 11) is 0. The largest absolute Gasteiger partial charge is 0.347 e. The minimum atomic E-state index is -0.0676. The molecular weight excluding hydrogens is 314 g/mol. The summed E-state index contributed by atoms with van der Waals surface area (Å²) in [4.78, 5) is 16.5. The van der Waals surface area contributed by atoms with Gasteiger partial charge >= 0.3 is 0 Å². The summed E-state index contributed by atoms with van der Waals surface area (Å²) in [6, 6.07) is 14.0. The van der Waals surface area contributed by atoms with Gasteiger partial charge in [-0.3, -0.25) is 4.79 Å². The zero-order valence-electron chi connectivity index (χ0n) is 14.7. The van der Waals surface area contributed by atoms with Crippen LogP contribution in [-0.2, 0) is 17.8 Å². The Morgan fingerprint density at radius 2 is 1.76 bits per heavy atom. The fourth-order valence-electron chi connectivity index (χ4n) is 2.60. The standard InChI is InChI=1S/C20H21N3O2/c1-13-4-7-16(8-5-13)20-22-19(25-23-20)12-21-18(24)11-17-9-6-14(2)10-15(17)3/h4-10H,11-12H2,1-3H3,(H,21,24). The zero-order valence-corrected chi connectivity index (χ0v) is 14.7. The predicted molar refractivity (Wildman–Crippen MR) is 95.9 cm³/mol. The zero-order chi connectivity index (χ0) is 17.8. The molecule has 0 atom stereocenters. The number of benzene rings is 2. The molecule has 128 valence electrons. The van der Waals surface area contributed by atoms with Crippen LogP contribution in [0.15, 0.2) is 47.0 Å². The van der Waals surface area contributed by atoms with E-state index < -0.39 is 0 Å². The molecular formula is C20H21N3O2. The van der Waals surface area contributed by atoms with Gasteiger partial charge in [0.1, 0.15) is 0 Å². The highest BCUT2D eigenvalue weighted by atomic mass is 16.5. The van der Waals surface area contributed by atoms with Gasteiger partial charge in [0.2, 0.25) is 17.6 Å². The summed E-state index contributed by atoms with van der Waals surface area (Å²) in [6.07, 6.45) is 0.338. The highest BCUT2D eigenvalue weighted by Gasteiger charge is 2.11. The second-order valence-electron chi connectivity index (χ2n) is 6.26. The number of carbonyl (C=O) groups excluding carboxylic acids is 1. The van der Waals surface area contributed by atoms with Crippen molar-refractivity contribution in [2.24, 2.45) is 0 Å².